The van der Waals surface area contributed by atoms with E-state index in [2.05, 4.69) is 229 Å². The van der Waals surface area contributed by atoms with Crippen molar-refractivity contribution >= 4 is 27.8 Å². The van der Waals surface area contributed by atoms with Crippen LogP contribution < -0.4 is 4.90 Å². The minimum atomic E-state index is 1.11. The molecule has 0 saturated heterocycles. The molecule has 0 aliphatic heterocycles. The van der Waals surface area contributed by atoms with Crippen LogP contribution in [0.1, 0.15) is 0 Å². The first-order chi connectivity index (χ1) is 26.2. The number of nitrogens with zero attached hydrogens (tertiary/aromatic N) is 1. The van der Waals surface area contributed by atoms with Gasteiger partial charge in [0, 0.05) is 17.1 Å². The molecule has 53 heavy (non-hydrogen) atoms. The predicted octanol–water partition coefficient (Wildman–Crippen LogP) is 14.6. The van der Waals surface area contributed by atoms with Gasteiger partial charge in [0.1, 0.15) is 0 Å². The molecule has 0 saturated carbocycles. The highest BCUT2D eigenvalue weighted by Gasteiger charge is 2.13. The van der Waals surface area contributed by atoms with Gasteiger partial charge >= 0.3 is 0 Å². The standard InChI is InChI=1S/C52H37N/c1-3-11-38(12-4-1)40-21-23-41(24-22-40)42-27-31-51(32-28-42)53(50-19-5-2-6-20-50)52-33-29-43(30-34-52)45-15-9-16-46(35-45)47-17-10-18-48(37-47)49-26-25-39-13-7-8-14-44(39)36-49/h1-37H. The zero-order valence-corrected chi connectivity index (χ0v) is 29.3. The lowest BCUT2D eigenvalue weighted by Crippen LogP contribution is -2.09. The second-order valence-electron chi connectivity index (χ2n) is 13.4. The number of hydrogen-bond acceptors (Lipinski definition) is 1. The number of benzene rings is 9. The van der Waals surface area contributed by atoms with E-state index in [9.17, 15) is 0 Å². The maximum atomic E-state index is 2.32. The minimum Gasteiger partial charge on any atom is -0.311 e. The average molecular weight is 676 g/mol. The molecule has 9 aromatic carbocycles. The van der Waals surface area contributed by atoms with E-state index in [1.165, 1.54) is 66.4 Å². The Labute approximate surface area is 311 Å². The molecule has 9 aromatic rings. The highest BCUT2D eigenvalue weighted by atomic mass is 15.1. The summed E-state index contributed by atoms with van der Waals surface area (Å²) in [6.45, 7) is 0. The third kappa shape index (κ3) is 6.77. The van der Waals surface area contributed by atoms with Gasteiger partial charge in [0.25, 0.3) is 0 Å². The SMILES string of the molecule is c1ccc(-c2ccc(-c3ccc(N(c4ccccc4)c4ccc(-c5cccc(-c6cccc(-c7ccc8ccccc8c7)c6)c5)cc4)cc3)cc2)cc1. The fourth-order valence-corrected chi connectivity index (χ4v) is 7.24. The Morgan fingerprint density at radius 2 is 0.509 bits per heavy atom. The second kappa shape index (κ2) is 14.3. The van der Waals surface area contributed by atoms with E-state index in [-0.39, 0.29) is 0 Å². The van der Waals surface area contributed by atoms with Gasteiger partial charge in [-0.25, -0.2) is 0 Å². The highest BCUT2D eigenvalue weighted by molar-refractivity contribution is 5.88. The smallest absolute Gasteiger partial charge is 0.0462 e. The van der Waals surface area contributed by atoms with Crippen molar-refractivity contribution in [2.24, 2.45) is 0 Å². The topological polar surface area (TPSA) is 3.24 Å². The Kier molecular flexibility index (Phi) is 8.66. The highest BCUT2D eigenvalue weighted by Crippen LogP contribution is 2.38. The zero-order valence-electron chi connectivity index (χ0n) is 29.3. The van der Waals surface area contributed by atoms with Crippen LogP contribution in [0, 0.1) is 0 Å². The van der Waals surface area contributed by atoms with Gasteiger partial charge in [-0.3, -0.25) is 0 Å². The molecule has 1 heteroatoms. The van der Waals surface area contributed by atoms with E-state index in [0.29, 0.717) is 0 Å². The molecule has 0 amide bonds. The molecule has 0 aliphatic carbocycles. The zero-order chi connectivity index (χ0) is 35.4. The number of para-hydroxylation sites is 1. The van der Waals surface area contributed by atoms with Crippen LogP contribution >= 0.6 is 0 Å². The largest absolute Gasteiger partial charge is 0.311 e. The van der Waals surface area contributed by atoms with E-state index in [1.807, 2.05) is 0 Å². The first-order valence-corrected chi connectivity index (χ1v) is 18.2. The summed E-state index contributed by atoms with van der Waals surface area (Å²) in [6.07, 6.45) is 0. The average Bonchev–Trinajstić information content (AvgIpc) is 3.25. The van der Waals surface area contributed by atoms with Gasteiger partial charge in [0.05, 0.1) is 0 Å². The lowest BCUT2D eigenvalue weighted by atomic mass is 9.95. The Morgan fingerprint density at radius 1 is 0.189 bits per heavy atom. The monoisotopic (exact) mass is 675 g/mol. The van der Waals surface area contributed by atoms with Gasteiger partial charge in [-0.15, -0.1) is 0 Å². The van der Waals surface area contributed by atoms with Gasteiger partial charge in [0.2, 0.25) is 0 Å². The fourth-order valence-electron chi connectivity index (χ4n) is 7.24. The Morgan fingerprint density at radius 3 is 1.04 bits per heavy atom. The number of hydrogen-bond donors (Lipinski definition) is 0. The van der Waals surface area contributed by atoms with Crippen molar-refractivity contribution < 1.29 is 0 Å². The summed E-state index contributed by atoms with van der Waals surface area (Å²) in [7, 11) is 0. The van der Waals surface area contributed by atoms with Crippen LogP contribution in [-0.4, -0.2) is 0 Å². The second-order valence-corrected chi connectivity index (χ2v) is 13.4. The van der Waals surface area contributed by atoms with E-state index in [1.54, 1.807) is 0 Å². The Balaban J connectivity index is 0.982. The van der Waals surface area contributed by atoms with Gasteiger partial charge in [-0.05, 0) is 121 Å². The summed E-state index contributed by atoms with van der Waals surface area (Å²) in [5.41, 5.74) is 15.4. The molecule has 250 valence electrons. The molecule has 1 nitrogen and oxygen atoms in total. The van der Waals surface area contributed by atoms with Crippen molar-refractivity contribution in [2.45, 2.75) is 0 Å². The van der Waals surface area contributed by atoms with Gasteiger partial charge in [0.15, 0.2) is 0 Å². The summed E-state index contributed by atoms with van der Waals surface area (Å²) >= 11 is 0. The van der Waals surface area contributed by atoms with Crippen molar-refractivity contribution in [2.75, 3.05) is 4.90 Å². The van der Waals surface area contributed by atoms with Crippen molar-refractivity contribution in [3.63, 3.8) is 0 Å². The van der Waals surface area contributed by atoms with E-state index in [4.69, 9.17) is 0 Å². The van der Waals surface area contributed by atoms with Crippen molar-refractivity contribution in [1.29, 1.82) is 0 Å². The van der Waals surface area contributed by atoms with Crippen LogP contribution in [0.3, 0.4) is 0 Å². The van der Waals surface area contributed by atoms with Crippen LogP contribution in [0.2, 0.25) is 0 Å². The first-order valence-electron chi connectivity index (χ1n) is 18.2. The van der Waals surface area contributed by atoms with Gasteiger partial charge in [-0.1, -0.05) is 170 Å². The Hall–Kier alpha value is -6.96. The molecule has 0 N–H and O–H groups in total. The molecule has 0 heterocycles. The molecular formula is C52H37N. The molecule has 9 rings (SSSR count). The van der Waals surface area contributed by atoms with Crippen LogP contribution in [0.25, 0.3) is 66.4 Å². The number of anilines is 3. The molecule has 0 atom stereocenters. The first kappa shape index (κ1) is 32.0. The fraction of sp³-hybridized carbons (Fsp3) is 0. The molecule has 0 spiro atoms. The molecule has 0 radical (unpaired) electrons. The molecule has 0 aliphatic rings. The van der Waals surface area contributed by atoms with Crippen LogP contribution in [-0.2, 0) is 0 Å². The normalized spacial score (nSPS) is 11.0. The molecule has 0 fully saturated rings. The summed E-state index contributed by atoms with van der Waals surface area (Å²) in [4.78, 5) is 2.32. The summed E-state index contributed by atoms with van der Waals surface area (Å²) < 4.78 is 0. The van der Waals surface area contributed by atoms with Crippen LogP contribution in [0.5, 0.6) is 0 Å². The lowest BCUT2D eigenvalue weighted by Gasteiger charge is -2.26. The van der Waals surface area contributed by atoms with Crippen molar-refractivity contribution in [3.05, 3.63) is 224 Å². The van der Waals surface area contributed by atoms with Crippen LogP contribution in [0.15, 0.2) is 224 Å². The van der Waals surface area contributed by atoms with Gasteiger partial charge in [-0.2, -0.15) is 0 Å². The predicted molar refractivity (Wildman–Crippen MR) is 226 cm³/mol. The maximum absolute atomic E-state index is 2.32. The molecule has 0 bridgehead atoms. The van der Waals surface area contributed by atoms with E-state index in [0.717, 1.165) is 17.1 Å². The third-order valence-electron chi connectivity index (χ3n) is 10.1. The maximum Gasteiger partial charge on any atom is 0.0462 e. The number of rotatable bonds is 8. The minimum absolute atomic E-state index is 1.11. The summed E-state index contributed by atoms with van der Waals surface area (Å²) in [5, 5.41) is 2.52. The van der Waals surface area contributed by atoms with E-state index >= 15 is 0 Å². The quantitative estimate of drug-likeness (QED) is 0.155. The summed E-state index contributed by atoms with van der Waals surface area (Å²) in [6, 6.07) is 80.7. The lowest BCUT2D eigenvalue weighted by molar-refractivity contribution is 1.28. The third-order valence-corrected chi connectivity index (χ3v) is 10.1. The van der Waals surface area contributed by atoms with Crippen molar-refractivity contribution in [1.82, 2.24) is 0 Å². The van der Waals surface area contributed by atoms with Crippen molar-refractivity contribution in [3.8, 4) is 55.6 Å². The molecule has 0 aromatic heterocycles. The molecule has 0 unspecified atom stereocenters. The number of fused-ring (bicyclic) bond motifs is 1. The summed E-state index contributed by atoms with van der Waals surface area (Å²) in [5.74, 6) is 0. The Bertz CT molecular complexity index is 2620. The molecular weight excluding hydrogens is 639 g/mol. The van der Waals surface area contributed by atoms with E-state index < -0.39 is 0 Å². The van der Waals surface area contributed by atoms with Gasteiger partial charge < -0.3 is 4.90 Å². The van der Waals surface area contributed by atoms with Crippen LogP contribution in [0.4, 0.5) is 17.1 Å².